The summed E-state index contributed by atoms with van der Waals surface area (Å²) >= 11 is 0. The van der Waals surface area contributed by atoms with Gasteiger partial charge in [0, 0.05) is 38.8 Å². The van der Waals surface area contributed by atoms with Gasteiger partial charge in [-0.15, -0.1) is 20.4 Å². The Hall–Kier alpha value is -2.55. The third kappa shape index (κ3) is 3.27. The largest absolute Gasteiger partial charge is 0.355 e. The summed E-state index contributed by atoms with van der Waals surface area (Å²) in [5.41, 5.74) is 1.87. The van der Waals surface area contributed by atoms with E-state index in [0.717, 1.165) is 68.5 Å². The summed E-state index contributed by atoms with van der Waals surface area (Å²) in [6.07, 6.45) is 6.62. The number of fused-ring (bicyclic) bond motifs is 1. The van der Waals surface area contributed by atoms with Gasteiger partial charge in [-0.2, -0.15) is 4.52 Å². The normalized spacial score (nSPS) is 19.4. The molecule has 142 valence electrons. The molecule has 2 aliphatic rings. The summed E-state index contributed by atoms with van der Waals surface area (Å²) < 4.78 is 3.73. The van der Waals surface area contributed by atoms with Crippen molar-refractivity contribution in [3.05, 3.63) is 29.8 Å². The van der Waals surface area contributed by atoms with Crippen LogP contribution in [0.2, 0.25) is 0 Å². The summed E-state index contributed by atoms with van der Waals surface area (Å²) in [6, 6.07) is 4.11. The highest BCUT2D eigenvalue weighted by molar-refractivity contribution is 5.46. The lowest BCUT2D eigenvalue weighted by molar-refractivity contribution is 0.199. The fourth-order valence-corrected chi connectivity index (χ4v) is 4.21. The predicted molar refractivity (Wildman–Crippen MR) is 100 cm³/mol. The first-order chi connectivity index (χ1) is 13.3. The molecule has 27 heavy (non-hydrogen) atoms. The molecule has 0 N–H and O–H groups in total. The Labute approximate surface area is 158 Å². The van der Waals surface area contributed by atoms with Gasteiger partial charge in [0.05, 0.1) is 5.69 Å². The molecule has 3 aromatic rings. The van der Waals surface area contributed by atoms with Crippen LogP contribution >= 0.6 is 0 Å². The van der Waals surface area contributed by atoms with Crippen LogP contribution in [0.25, 0.3) is 5.65 Å². The third-order valence-corrected chi connectivity index (χ3v) is 5.69. The van der Waals surface area contributed by atoms with Gasteiger partial charge in [-0.05, 0) is 50.9 Å². The van der Waals surface area contributed by atoms with E-state index in [0.29, 0.717) is 5.92 Å². The van der Waals surface area contributed by atoms with Gasteiger partial charge in [0.1, 0.15) is 5.82 Å². The van der Waals surface area contributed by atoms with Gasteiger partial charge in [-0.1, -0.05) is 5.21 Å². The number of nitrogens with zero attached hydrogens (tertiary/aromatic N) is 9. The van der Waals surface area contributed by atoms with Crippen LogP contribution in [0.5, 0.6) is 0 Å². The van der Waals surface area contributed by atoms with E-state index in [1.165, 1.54) is 12.8 Å². The van der Waals surface area contributed by atoms with Crippen LogP contribution in [-0.2, 0) is 13.6 Å². The lowest BCUT2D eigenvalue weighted by atomic mass is 9.96. The first kappa shape index (κ1) is 16.6. The fraction of sp³-hybridized carbons (Fsp3) is 0.611. The Morgan fingerprint density at radius 1 is 1.00 bits per heavy atom. The average molecular weight is 367 g/mol. The fourth-order valence-electron chi connectivity index (χ4n) is 4.21. The molecule has 9 heteroatoms. The molecule has 0 aromatic carbocycles. The Morgan fingerprint density at radius 2 is 1.81 bits per heavy atom. The molecule has 5 heterocycles. The summed E-state index contributed by atoms with van der Waals surface area (Å²) in [4.78, 5) is 4.79. The third-order valence-electron chi connectivity index (χ3n) is 5.69. The van der Waals surface area contributed by atoms with Gasteiger partial charge in [0.25, 0.3) is 0 Å². The number of anilines is 1. The van der Waals surface area contributed by atoms with Gasteiger partial charge < -0.3 is 4.90 Å². The topological polar surface area (TPSA) is 80.3 Å². The monoisotopic (exact) mass is 367 g/mol. The minimum absolute atomic E-state index is 0.402. The van der Waals surface area contributed by atoms with E-state index in [1.54, 1.807) is 4.68 Å². The lowest BCUT2D eigenvalue weighted by Crippen LogP contribution is -2.33. The van der Waals surface area contributed by atoms with Gasteiger partial charge >= 0.3 is 0 Å². The Kier molecular flexibility index (Phi) is 4.23. The Balaban J connectivity index is 1.30. The molecule has 2 saturated heterocycles. The quantitative estimate of drug-likeness (QED) is 0.686. The molecule has 0 atom stereocenters. The first-order valence-corrected chi connectivity index (χ1v) is 9.81. The average Bonchev–Trinajstić information content (AvgIpc) is 3.43. The molecule has 3 aromatic heterocycles. The number of piperidine rings is 1. The maximum absolute atomic E-state index is 4.86. The summed E-state index contributed by atoms with van der Waals surface area (Å²) in [5.74, 6) is 2.45. The minimum atomic E-state index is 0.402. The van der Waals surface area contributed by atoms with E-state index >= 15 is 0 Å². The first-order valence-electron chi connectivity index (χ1n) is 9.81. The van der Waals surface area contributed by atoms with E-state index < -0.39 is 0 Å². The molecule has 2 aliphatic heterocycles. The Morgan fingerprint density at radius 3 is 2.56 bits per heavy atom. The van der Waals surface area contributed by atoms with E-state index in [1.807, 2.05) is 23.8 Å². The van der Waals surface area contributed by atoms with Crippen LogP contribution in [0.15, 0.2) is 18.3 Å². The molecular weight excluding hydrogens is 342 g/mol. The van der Waals surface area contributed by atoms with Crippen LogP contribution < -0.4 is 4.90 Å². The van der Waals surface area contributed by atoms with Crippen LogP contribution in [0.4, 0.5) is 5.82 Å². The zero-order valence-corrected chi connectivity index (χ0v) is 15.7. The van der Waals surface area contributed by atoms with Gasteiger partial charge in [-0.25, -0.2) is 0 Å². The molecule has 9 nitrogen and oxygen atoms in total. The minimum Gasteiger partial charge on any atom is -0.355 e. The summed E-state index contributed by atoms with van der Waals surface area (Å²) in [6.45, 7) is 5.11. The van der Waals surface area contributed by atoms with Crippen LogP contribution in [0.1, 0.15) is 43.1 Å². The molecule has 0 bridgehead atoms. The van der Waals surface area contributed by atoms with Gasteiger partial charge in [0.15, 0.2) is 11.5 Å². The maximum Gasteiger partial charge on any atom is 0.178 e. The Bertz CT molecular complexity index is 916. The van der Waals surface area contributed by atoms with E-state index in [2.05, 4.69) is 36.4 Å². The lowest BCUT2D eigenvalue weighted by Gasteiger charge is -2.30. The van der Waals surface area contributed by atoms with Crippen molar-refractivity contribution >= 4 is 11.5 Å². The van der Waals surface area contributed by atoms with Crippen molar-refractivity contribution < 1.29 is 0 Å². The molecule has 0 amide bonds. The number of likely N-dealkylation sites (tertiary alicyclic amines) is 1. The second-order valence-electron chi connectivity index (χ2n) is 7.65. The molecule has 0 spiro atoms. The standard InChI is InChI=1S/C18H25N9/c1-24-12-15(19-23-24)13-25-10-6-14(7-11-25)18-21-20-16-4-5-17(22-27(16)18)26-8-2-3-9-26/h4-5,12,14H,2-3,6-11,13H2,1H3. The van der Waals surface area contributed by atoms with Gasteiger partial charge in [-0.3, -0.25) is 9.58 Å². The highest BCUT2D eigenvalue weighted by Crippen LogP contribution is 2.28. The maximum atomic E-state index is 4.86. The van der Waals surface area contributed by atoms with Crippen LogP contribution in [0.3, 0.4) is 0 Å². The van der Waals surface area contributed by atoms with E-state index in [-0.39, 0.29) is 0 Å². The SMILES string of the molecule is Cn1cc(CN2CCC(c3nnc4ccc(N5CCCC5)nn34)CC2)nn1. The number of aryl methyl sites for hydroxylation is 1. The zero-order valence-electron chi connectivity index (χ0n) is 15.7. The predicted octanol–water partition coefficient (Wildman–Crippen LogP) is 1.23. The van der Waals surface area contributed by atoms with Crippen molar-refractivity contribution in [1.82, 2.24) is 39.7 Å². The van der Waals surface area contributed by atoms with Crippen molar-refractivity contribution in [2.24, 2.45) is 7.05 Å². The molecule has 0 aliphatic carbocycles. The second-order valence-corrected chi connectivity index (χ2v) is 7.65. The molecular formula is C18H25N9. The van der Waals surface area contributed by atoms with Crippen molar-refractivity contribution in [1.29, 1.82) is 0 Å². The summed E-state index contributed by atoms with van der Waals surface area (Å²) in [5, 5.41) is 21.9. The van der Waals surface area contributed by atoms with Crippen LogP contribution in [-0.4, -0.2) is 65.9 Å². The number of rotatable bonds is 4. The van der Waals surface area contributed by atoms with Gasteiger partial charge in [0.2, 0.25) is 0 Å². The number of hydrogen-bond acceptors (Lipinski definition) is 7. The van der Waals surface area contributed by atoms with E-state index in [4.69, 9.17) is 5.10 Å². The molecule has 0 unspecified atom stereocenters. The van der Waals surface area contributed by atoms with E-state index in [9.17, 15) is 0 Å². The van der Waals surface area contributed by atoms with Crippen molar-refractivity contribution in [3.63, 3.8) is 0 Å². The second kappa shape index (κ2) is 6.88. The van der Waals surface area contributed by atoms with Crippen molar-refractivity contribution in [2.75, 3.05) is 31.1 Å². The molecule has 2 fully saturated rings. The van der Waals surface area contributed by atoms with Crippen molar-refractivity contribution in [3.8, 4) is 0 Å². The molecule has 0 radical (unpaired) electrons. The van der Waals surface area contributed by atoms with Crippen LogP contribution in [0, 0.1) is 0 Å². The number of aromatic nitrogens is 7. The molecule has 5 rings (SSSR count). The molecule has 0 saturated carbocycles. The smallest absolute Gasteiger partial charge is 0.178 e. The highest BCUT2D eigenvalue weighted by atomic mass is 15.4. The number of hydrogen-bond donors (Lipinski definition) is 0. The zero-order chi connectivity index (χ0) is 18.2. The highest BCUT2D eigenvalue weighted by Gasteiger charge is 2.26. The van der Waals surface area contributed by atoms with Crippen molar-refractivity contribution in [2.45, 2.75) is 38.1 Å². The summed E-state index contributed by atoms with van der Waals surface area (Å²) in [7, 11) is 1.91.